The number of esters is 1. The highest BCUT2D eigenvalue weighted by molar-refractivity contribution is 6.30. The number of amides is 1. The fourth-order valence-corrected chi connectivity index (χ4v) is 2.05. The van der Waals surface area contributed by atoms with E-state index >= 15 is 0 Å². The Morgan fingerprint density at radius 3 is 2.50 bits per heavy atom. The molecule has 7 heteroatoms. The maximum Gasteiger partial charge on any atom is 0.338 e. The Bertz CT molecular complexity index is 734. The zero-order chi connectivity index (χ0) is 17.5. The summed E-state index contributed by atoms with van der Waals surface area (Å²) in [6, 6.07) is 10.5. The first-order chi connectivity index (χ1) is 11.5. The zero-order valence-electron chi connectivity index (χ0n) is 12.8. The molecule has 0 spiro atoms. The van der Waals surface area contributed by atoms with Gasteiger partial charge in [0.1, 0.15) is 11.6 Å². The van der Waals surface area contributed by atoms with Gasteiger partial charge in [0.05, 0.1) is 17.7 Å². The fraction of sp³-hybridized carbons (Fsp3) is 0.176. The van der Waals surface area contributed by atoms with E-state index in [9.17, 15) is 14.0 Å². The van der Waals surface area contributed by atoms with Gasteiger partial charge in [-0.1, -0.05) is 17.7 Å². The van der Waals surface area contributed by atoms with E-state index in [1.807, 2.05) is 0 Å². The molecule has 2 rings (SSSR count). The fourth-order valence-electron chi connectivity index (χ4n) is 1.84. The summed E-state index contributed by atoms with van der Waals surface area (Å²) in [5.74, 6) is -1.00. The number of benzene rings is 2. The van der Waals surface area contributed by atoms with Crippen LogP contribution < -0.4 is 10.1 Å². The molecule has 24 heavy (non-hydrogen) atoms. The van der Waals surface area contributed by atoms with Gasteiger partial charge in [0.15, 0.2) is 6.61 Å². The van der Waals surface area contributed by atoms with Crippen LogP contribution in [0.2, 0.25) is 5.02 Å². The number of ether oxygens (including phenoxy) is 2. The van der Waals surface area contributed by atoms with E-state index in [2.05, 4.69) is 5.32 Å². The molecule has 0 fully saturated rings. The van der Waals surface area contributed by atoms with E-state index < -0.39 is 24.3 Å². The third kappa shape index (κ3) is 4.96. The van der Waals surface area contributed by atoms with Gasteiger partial charge in [-0.3, -0.25) is 4.79 Å². The van der Waals surface area contributed by atoms with Crippen LogP contribution in [0, 0.1) is 5.82 Å². The normalized spacial score (nSPS) is 10.1. The second-order valence-electron chi connectivity index (χ2n) is 4.83. The van der Waals surface area contributed by atoms with Crippen LogP contribution in [-0.2, 0) is 16.1 Å². The Hall–Kier alpha value is -2.60. The van der Waals surface area contributed by atoms with Crippen molar-refractivity contribution in [2.45, 2.75) is 6.54 Å². The van der Waals surface area contributed by atoms with Crippen LogP contribution >= 0.6 is 11.6 Å². The number of nitrogens with one attached hydrogen (secondary N) is 1. The monoisotopic (exact) mass is 351 g/mol. The predicted octanol–water partition coefficient (Wildman–Crippen LogP) is 2.96. The Labute approximate surface area is 143 Å². The molecule has 126 valence electrons. The summed E-state index contributed by atoms with van der Waals surface area (Å²) >= 11 is 5.66. The van der Waals surface area contributed by atoms with Crippen LogP contribution in [0.1, 0.15) is 15.9 Å². The summed E-state index contributed by atoms with van der Waals surface area (Å²) in [7, 11) is 1.52. The molecule has 1 N–H and O–H groups in total. The third-order valence-corrected chi connectivity index (χ3v) is 3.42. The Kier molecular flexibility index (Phi) is 6.14. The SMILES string of the molecule is COc1ccc(C(=O)OCC(=O)NCc2ccc(F)c(Cl)c2)cc1. The standard InChI is InChI=1S/C17H15ClFNO4/c1-23-13-5-3-12(4-6-13)17(22)24-10-16(21)20-9-11-2-7-15(19)14(18)8-11/h2-8H,9-10H2,1H3,(H,20,21). The Morgan fingerprint density at radius 2 is 1.88 bits per heavy atom. The topological polar surface area (TPSA) is 64.6 Å². The first-order valence-corrected chi connectivity index (χ1v) is 7.39. The van der Waals surface area contributed by atoms with Crippen molar-refractivity contribution in [3.05, 3.63) is 64.4 Å². The van der Waals surface area contributed by atoms with Gasteiger partial charge in [-0.2, -0.15) is 0 Å². The molecule has 1 amide bonds. The Morgan fingerprint density at radius 1 is 1.17 bits per heavy atom. The number of halogens is 2. The number of carbonyl (C=O) groups excluding carboxylic acids is 2. The average Bonchev–Trinajstić information content (AvgIpc) is 2.60. The van der Waals surface area contributed by atoms with Gasteiger partial charge in [-0.15, -0.1) is 0 Å². The predicted molar refractivity (Wildman–Crippen MR) is 86.5 cm³/mol. The smallest absolute Gasteiger partial charge is 0.338 e. The lowest BCUT2D eigenvalue weighted by atomic mass is 10.2. The molecule has 0 unspecified atom stereocenters. The molecular formula is C17H15ClFNO4. The summed E-state index contributed by atoms with van der Waals surface area (Å²) < 4.78 is 22.9. The molecule has 0 saturated carbocycles. The van der Waals surface area contributed by atoms with Crippen LogP contribution in [0.25, 0.3) is 0 Å². The minimum atomic E-state index is -0.613. The lowest BCUT2D eigenvalue weighted by molar-refractivity contribution is -0.124. The lowest BCUT2D eigenvalue weighted by Gasteiger charge is -2.07. The molecule has 2 aromatic carbocycles. The van der Waals surface area contributed by atoms with Crippen molar-refractivity contribution in [2.24, 2.45) is 0 Å². The summed E-state index contributed by atoms with van der Waals surface area (Å²) in [6.45, 7) is -0.265. The molecule has 0 aliphatic rings. The second-order valence-corrected chi connectivity index (χ2v) is 5.24. The average molecular weight is 352 g/mol. The highest BCUT2D eigenvalue weighted by atomic mass is 35.5. The summed E-state index contributed by atoms with van der Waals surface area (Å²) in [5, 5.41) is 2.53. The van der Waals surface area contributed by atoms with Crippen molar-refractivity contribution >= 4 is 23.5 Å². The number of rotatable bonds is 6. The van der Waals surface area contributed by atoms with Crippen molar-refractivity contribution in [2.75, 3.05) is 13.7 Å². The second kappa shape index (κ2) is 8.31. The van der Waals surface area contributed by atoms with Crippen molar-refractivity contribution in [1.82, 2.24) is 5.32 Å². The van der Waals surface area contributed by atoms with E-state index in [0.717, 1.165) is 0 Å². The molecule has 0 atom stereocenters. The maximum atomic E-state index is 13.0. The number of hydrogen-bond acceptors (Lipinski definition) is 4. The van der Waals surface area contributed by atoms with E-state index in [1.165, 1.54) is 25.3 Å². The van der Waals surface area contributed by atoms with Gasteiger partial charge in [-0.05, 0) is 42.0 Å². The lowest BCUT2D eigenvalue weighted by Crippen LogP contribution is -2.28. The van der Waals surface area contributed by atoms with Gasteiger partial charge in [-0.25, -0.2) is 9.18 Å². The van der Waals surface area contributed by atoms with Gasteiger partial charge in [0.2, 0.25) is 0 Å². The molecular weight excluding hydrogens is 337 g/mol. The van der Waals surface area contributed by atoms with Crippen molar-refractivity contribution in [3.8, 4) is 5.75 Å². The van der Waals surface area contributed by atoms with Crippen molar-refractivity contribution in [3.63, 3.8) is 0 Å². The first-order valence-electron chi connectivity index (χ1n) is 7.01. The first kappa shape index (κ1) is 17.7. The number of methoxy groups -OCH3 is 1. The molecule has 0 aromatic heterocycles. The molecule has 2 aromatic rings. The molecule has 5 nitrogen and oxygen atoms in total. The van der Waals surface area contributed by atoms with Crippen molar-refractivity contribution < 1.29 is 23.5 Å². The van der Waals surface area contributed by atoms with Gasteiger partial charge in [0.25, 0.3) is 5.91 Å². The van der Waals surface area contributed by atoms with Crippen LogP contribution in [0.5, 0.6) is 5.75 Å². The minimum Gasteiger partial charge on any atom is -0.497 e. The van der Waals surface area contributed by atoms with E-state index in [-0.39, 0.29) is 11.6 Å². The Balaban J connectivity index is 1.79. The quantitative estimate of drug-likeness (QED) is 0.813. The largest absolute Gasteiger partial charge is 0.497 e. The van der Waals surface area contributed by atoms with E-state index in [4.69, 9.17) is 21.1 Å². The zero-order valence-corrected chi connectivity index (χ0v) is 13.6. The summed E-state index contributed by atoms with van der Waals surface area (Å²) in [4.78, 5) is 23.5. The van der Waals surface area contributed by atoms with Crippen LogP contribution in [0.4, 0.5) is 4.39 Å². The molecule has 0 aliphatic heterocycles. The minimum absolute atomic E-state index is 0.0207. The molecule has 0 radical (unpaired) electrons. The molecule has 0 saturated heterocycles. The van der Waals surface area contributed by atoms with Gasteiger partial charge >= 0.3 is 5.97 Å². The molecule has 0 aliphatic carbocycles. The number of carbonyl (C=O) groups is 2. The molecule has 0 heterocycles. The summed E-state index contributed by atoms with van der Waals surface area (Å²) in [5.41, 5.74) is 0.949. The third-order valence-electron chi connectivity index (χ3n) is 3.13. The maximum absolute atomic E-state index is 13.0. The van der Waals surface area contributed by atoms with Crippen LogP contribution in [0.3, 0.4) is 0 Å². The van der Waals surface area contributed by atoms with Crippen LogP contribution in [-0.4, -0.2) is 25.6 Å². The summed E-state index contributed by atoms with van der Waals surface area (Å²) in [6.07, 6.45) is 0. The highest BCUT2D eigenvalue weighted by Gasteiger charge is 2.10. The van der Waals surface area contributed by atoms with E-state index in [0.29, 0.717) is 16.9 Å². The van der Waals surface area contributed by atoms with E-state index in [1.54, 1.807) is 24.3 Å². The van der Waals surface area contributed by atoms with Crippen molar-refractivity contribution in [1.29, 1.82) is 0 Å². The number of hydrogen-bond donors (Lipinski definition) is 1. The van der Waals surface area contributed by atoms with Gasteiger partial charge in [0, 0.05) is 6.54 Å². The van der Waals surface area contributed by atoms with Crippen LogP contribution in [0.15, 0.2) is 42.5 Å². The van der Waals surface area contributed by atoms with Gasteiger partial charge < -0.3 is 14.8 Å². The highest BCUT2D eigenvalue weighted by Crippen LogP contribution is 2.16. The molecule has 0 bridgehead atoms.